The Balaban J connectivity index is 0.00000361. The first kappa shape index (κ1) is 19.2. The molecule has 0 bridgehead atoms. The number of amides is 1. The van der Waals surface area contributed by atoms with Gasteiger partial charge >= 0.3 is 39.7 Å². The molecule has 0 unspecified atom stereocenters. The molecule has 1 N–H and O–H groups in total. The summed E-state index contributed by atoms with van der Waals surface area (Å²) in [4.78, 5) is 11.2. The third-order valence-electron chi connectivity index (χ3n) is 2.15. The molecule has 1 aromatic carbocycles. The molecule has 0 atom stereocenters. The summed E-state index contributed by atoms with van der Waals surface area (Å²) >= 11 is 0. The van der Waals surface area contributed by atoms with Gasteiger partial charge in [-0.15, -0.1) is 0 Å². The van der Waals surface area contributed by atoms with E-state index in [1.807, 2.05) is 0 Å². The first-order chi connectivity index (χ1) is 8.74. The number of carbonyl (C=O) groups is 1. The van der Waals surface area contributed by atoms with Crippen molar-refractivity contribution in [2.75, 3.05) is 5.75 Å². The van der Waals surface area contributed by atoms with Crippen molar-refractivity contribution in [3.8, 4) is 5.75 Å². The maximum atomic E-state index is 11.9. The average molecular weight is 307 g/mol. The van der Waals surface area contributed by atoms with Crippen molar-refractivity contribution >= 4 is 45.6 Å². The van der Waals surface area contributed by atoms with Crippen LogP contribution in [-0.4, -0.2) is 55.2 Å². The van der Waals surface area contributed by atoms with Crippen LogP contribution in [0.5, 0.6) is 5.75 Å². The molecule has 0 fully saturated rings. The summed E-state index contributed by atoms with van der Waals surface area (Å²) in [6, 6.07) is 8.21. The number of benzene rings is 1. The van der Waals surface area contributed by atoms with E-state index in [0.717, 1.165) is 6.08 Å². The molecule has 0 aliphatic rings. The molecule has 1 rings (SSSR count). The normalized spacial score (nSPS) is 11.1. The van der Waals surface area contributed by atoms with Crippen LogP contribution in [0.2, 0.25) is 0 Å². The fourth-order valence-electron chi connectivity index (χ4n) is 1.51. The molecule has 0 aliphatic heterocycles. The molecule has 1 amide bonds. The van der Waals surface area contributed by atoms with Crippen LogP contribution in [0, 0.1) is 0 Å². The maximum absolute atomic E-state index is 11.9. The van der Waals surface area contributed by atoms with Crippen molar-refractivity contribution in [2.24, 2.45) is 0 Å². The number of rotatable bonds is 6. The monoisotopic (exact) mass is 307 g/mol. The number of nitrogens with one attached hydrogen (secondary N) is 1. The number of hydrogen-bond donors (Lipinski definition) is 1. The quantitative estimate of drug-likeness (QED) is 0.480. The second kappa shape index (κ2) is 7.83. The van der Waals surface area contributed by atoms with Crippen molar-refractivity contribution < 1.29 is 17.4 Å². The second-order valence-electron chi connectivity index (χ2n) is 4.68. The zero-order valence-corrected chi connectivity index (χ0v) is 11.7. The minimum absolute atomic E-state index is 0. The summed E-state index contributed by atoms with van der Waals surface area (Å²) in [5.41, 5.74) is -0.946. The molecule has 1 aromatic rings. The van der Waals surface area contributed by atoms with Crippen LogP contribution >= 0.6 is 0 Å². The van der Waals surface area contributed by atoms with Crippen molar-refractivity contribution in [1.82, 2.24) is 5.32 Å². The number of hydrogen-bond acceptors (Lipinski definition) is 4. The summed E-state index contributed by atoms with van der Waals surface area (Å²) in [6.45, 7) is 6.51. The van der Waals surface area contributed by atoms with Crippen LogP contribution in [0.25, 0.3) is 0 Å². The summed E-state index contributed by atoms with van der Waals surface area (Å²) < 4.78 is 28.7. The van der Waals surface area contributed by atoms with Gasteiger partial charge in [0.25, 0.3) is 0 Å². The third-order valence-corrected chi connectivity index (χ3v) is 3.67. The molecule has 106 valence electrons. The van der Waals surface area contributed by atoms with Crippen LogP contribution < -0.4 is 9.50 Å². The van der Waals surface area contributed by atoms with E-state index in [1.54, 1.807) is 44.2 Å². The first-order valence-corrected chi connectivity index (χ1v) is 7.24. The first-order valence-electron chi connectivity index (χ1n) is 5.66. The number of para-hydroxylation sites is 1. The second-order valence-corrected chi connectivity index (χ2v) is 6.25. The predicted octanol–water partition coefficient (Wildman–Crippen LogP) is 0.827. The Morgan fingerprint density at radius 2 is 1.90 bits per heavy atom. The molecule has 0 spiro atoms. The molecule has 5 nitrogen and oxygen atoms in total. The Bertz CT molecular complexity index is 555. The molecule has 0 heterocycles. The molecule has 0 aliphatic carbocycles. The number of carbonyl (C=O) groups excluding carboxylic acids is 1. The van der Waals surface area contributed by atoms with Gasteiger partial charge in [0.1, 0.15) is 11.5 Å². The zero-order chi connectivity index (χ0) is 14.5. The molecular formula is C13H18NNaO4S. The van der Waals surface area contributed by atoms with Gasteiger partial charge in [-0.3, -0.25) is 4.79 Å². The van der Waals surface area contributed by atoms with Crippen LogP contribution in [0.15, 0.2) is 43.0 Å². The van der Waals surface area contributed by atoms with E-state index in [1.165, 1.54) is 0 Å². The Morgan fingerprint density at radius 3 is 2.40 bits per heavy atom. The van der Waals surface area contributed by atoms with Crippen molar-refractivity contribution in [2.45, 2.75) is 19.4 Å². The minimum atomic E-state index is -3.80. The Kier molecular flexibility index (Phi) is 7.51. The molecule has 0 radical (unpaired) electrons. The van der Waals surface area contributed by atoms with Gasteiger partial charge in [-0.25, -0.2) is 0 Å². The van der Waals surface area contributed by atoms with Crippen LogP contribution in [0.3, 0.4) is 0 Å². The van der Waals surface area contributed by atoms with E-state index < -0.39 is 21.6 Å². The van der Waals surface area contributed by atoms with Crippen molar-refractivity contribution in [1.29, 1.82) is 0 Å². The average Bonchev–Trinajstić information content (AvgIpc) is 2.27. The van der Waals surface area contributed by atoms with Crippen LogP contribution in [0.4, 0.5) is 0 Å². The summed E-state index contributed by atoms with van der Waals surface area (Å²) in [7, 11) is -3.80. The van der Waals surface area contributed by atoms with Gasteiger partial charge in [-0.2, -0.15) is 8.42 Å². The fraction of sp³-hybridized carbons (Fsp3) is 0.308. The van der Waals surface area contributed by atoms with Crippen LogP contribution in [0.1, 0.15) is 13.8 Å². The van der Waals surface area contributed by atoms with E-state index in [-0.39, 0.29) is 41.1 Å². The molecule has 0 saturated carbocycles. The van der Waals surface area contributed by atoms with Gasteiger partial charge in [-0.05, 0) is 32.1 Å². The van der Waals surface area contributed by atoms with Gasteiger partial charge in [0, 0.05) is 0 Å². The van der Waals surface area contributed by atoms with E-state index in [2.05, 4.69) is 11.9 Å². The molecule has 7 heteroatoms. The van der Waals surface area contributed by atoms with Gasteiger partial charge in [-0.1, -0.05) is 24.8 Å². The Hall–Kier alpha value is -0.820. The Labute approximate surface area is 141 Å². The molecule has 20 heavy (non-hydrogen) atoms. The SMILES string of the molecule is C=CC(=O)NC(C)(C)CS(=O)(=O)Oc1ccccc1.[NaH]. The fourth-order valence-corrected chi connectivity index (χ4v) is 2.93. The molecule has 0 aromatic heterocycles. The van der Waals surface area contributed by atoms with Gasteiger partial charge < -0.3 is 9.50 Å². The predicted molar refractivity (Wildman–Crippen MR) is 80.4 cm³/mol. The topological polar surface area (TPSA) is 72.5 Å². The van der Waals surface area contributed by atoms with E-state index in [9.17, 15) is 13.2 Å². The van der Waals surface area contributed by atoms with E-state index >= 15 is 0 Å². The summed E-state index contributed by atoms with van der Waals surface area (Å²) in [5, 5.41) is 2.53. The van der Waals surface area contributed by atoms with E-state index in [0.29, 0.717) is 0 Å². The summed E-state index contributed by atoms with van der Waals surface area (Å²) in [5.74, 6) is -0.526. The van der Waals surface area contributed by atoms with Crippen molar-refractivity contribution in [3.63, 3.8) is 0 Å². The summed E-state index contributed by atoms with van der Waals surface area (Å²) in [6.07, 6.45) is 1.09. The van der Waals surface area contributed by atoms with Crippen LogP contribution in [-0.2, 0) is 14.9 Å². The molecular weight excluding hydrogens is 289 g/mol. The third kappa shape index (κ3) is 7.09. The van der Waals surface area contributed by atoms with E-state index in [4.69, 9.17) is 4.18 Å². The Morgan fingerprint density at radius 1 is 1.35 bits per heavy atom. The van der Waals surface area contributed by atoms with Crippen molar-refractivity contribution in [3.05, 3.63) is 43.0 Å². The standard InChI is InChI=1S/C13H17NO4S.Na.H/c1-4-12(15)14-13(2,3)10-19(16,17)18-11-8-6-5-7-9-11;;/h4-9H,1,10H2,2-3H3,(H,14,15);;. The zero-order valence-electron chi connectivity index (χ0n) is 10.9. The van der Waals surface area contributed by atoms with Gasteiger partial charge in [0.2, 0.25) is 5.91 Å². The van der Waals surface area contributed by atoms with Gasteiger partial charge in [0.05, 0.1) is 5.54 Å². The molecule has 0 saturated heterocycles. The van der Waals surface area contributed by atoms with Gasteiger partial charge in [0.15, 0.2) is 0 Å².